The fourth-order valence-corrected chi connectivity index (χ4v) is 4.39. The number of rotatable bonds is 3. The van der Waals surface area contributed by atoms with Crippen LogP contribution >= 0.6 is 0 Å². The molecule has 0 unspecified atom stereocenters. The largest absolute Gasteiger partial charge is 0.456 e. The van der Waals surface area contributed by atoms with Crippen molar-refractivity contribution in [2.75, 3.05) is 6.79 Å². The second kappa shape index (κ2) is 6.90. The van der Waals surface area contributed by atoms with Crippen LogP contribution in [0, 0.1) is 6.92 Å². The van der Waals surface area contributed by atoms with Crippen molar-refractivity contribution in [1.82, 2.24) is 0 Å². The Morgan fingerprint density at radius 2 is 1.67 bits per heavy atom. The Labute approximate surface area is 174 Å². The van der Waals surface area contributed by atoms with E-state index in [1.165, 1.54) is 12.1 Å². The van der Waals surface area contributed by atoms with E-state index in [-0.39, 0.29) is 11.7 Å². The number of fused-ring (bicyclic) bond motifs is 2. The van der Waals surface area contributed by atoms with Gasteiger partial charge in [0.15, 0.2) is 11.5 Å². The standard InChI is InChI=1S/C23H19NO5S/c1-14-18(10-11-21-22(14)28-13-27-21)19-12-16-4-2-3-5-20(16)29-23(19)15-6-8-17(9-7-15)30(24,25)26/h2-11H,12-13H2,1H3,(H2,24,25,26). The minimum atomic E-state index is -3.77. The monoisotopic (exact) mass is 421 g/mol. The highest BCUT2D eigenvalue weighted by Crippen LogP contribution is 2.44. The van der Waals surface area contributed by atoms with Crippen LogP contribution in [0.1, 0.15) is 22.3 Å². The Bertz CT molecular complexity index is 1290. The molecule has 3 aromatic carbocycles. The zero-order chi connectivity index (χ0) is 20.9. The van der Waals surface area contributed by atoms with E-state index in [0.717, 1.165) is 45.1 Å². The van der Waals surface area contributed by atoms with Crippen LogP contribution in [0.25, 0.3) is 11.3 Å². The Kier molecular flexibility index (Phi) is 4.30. The molecule has 0 saturated heterocycles. The lowest BCUT2D eigenvalue weighted by molar-refractivity contribution is 0.173. The number of hydrogen-bond donors (Lipinski definition) is 1. The van der Waals surface area contributed by atoms with Crippen LogP contribution < -0.4 is 19.3 Å². The molecule has 152 valence electrons. The predicted octanol–water partition coefficient (Wildman–Crippen LogP) is 3.87. The van der Waals surface area contributed by atoms with E-state index in [0.29, 0.717) is 12.2 Å². The average molecular weight is 421 g/mol. The highest BCUT2D eigenvalue weighted by molar-refractivity contribution is 7.89. The summed E-state index contributed by atoms with van der Waals surface area (Å²) in [7, 11) is -3.77. The fourth-order valence-electron chi connectivity index (χ4n) is 3.88. The molecule has 0 aliphatic carbocycles. The maximum Gasteiger partial charge on any atom is 0.238 e. The molecule has 2 aliphatic rings. The second-order valence-electron chi connectivity index (χ2n) is 7.24. The van der Waals surface area contributed by atoms with Crippen LogP contribution in [0.2, 0.25) is 0 Å². The molecule has 7 heteroatoms. The molecule has 2 heterocycles. The van der Waals surface area contributed by atoms with Gasteiger partial charge in [0, 0.05) is 23.1 Å². The maximum atomic E-state index is 11.6. The second-order valence-corrected chi connectivity index (χ2v) is 8.80. The highest BCUT2D eigenvalue weighted by Gasteiger charge is 2.26. The molecular formula is C23H19NO5S. The summed E-state index contributed by atoms with van der Waals surface area (Å²) in [6.45, 7) is 2.21. The molecule has 0 fully saturated rings. The van der Waals surface area contributed by atoms with Gasteiger partial charge >= 0.3 is 0 Å². The van der Waals surface area contributed by atoms with Crippen molar-refractivity contribution >= 4 is 21.4 Å². The van der Waals surface area contributed by atoms with Crippen molar-refractivity contribution < 1.29 is 22.6 Å². The first-order valence-electron chi connectivity index (χ1n) is 9.43. The summed E-state index contributed by atoms with van der Waals surface area (Å²) < 4.78 is 40.7. The predicted molar refractivity (Wildman–Crippen MR) is 113 cm³/mol. The quantitative estimate of drug-likeness (QED) is 0.694. The molecule has 0 radical (unpaired) electrons. The van der Waals surface area contributed by atoms with Gasteiger partial charge in [0.25, 0.3) is 0 Å². The molecule has 2 aliphatic heterocycles. The van der Waals surface area contributed by atoms with Crippen molar-refractivity contribution in [3.63, 3.8) is 0 Å². The summed E-state index contributed by atoms with van der Waals surface area (Å²) in [5.74, 6) is 2.93. The van der Waals surface area contributed by atoms with E-state index in [2.05, 4.69) is 0 Å². The normalized spacial score (nSPS) is 15.0. The Hall–Kier alpha value is -3.29. The fraction of sp³-hybridized carbons (Fsp3) is 0.130. The molecular weight excluding hydrogens is 402 g/mol. The van der Waals surface area contributed by atoms with Gasteiger partial charge in [-0.1, -0.05) is 24.3 Å². The molecule has 0 aromatic heterocycles. The average Bonchev–Trinajstić information content (AvgIpc) is 3.22. The van der Waals surface area contributed by atoms with Gasteiger partial charge in [0.2, 0.25) is 16.8 Å². The van der Waals surface area contributed by atoms with Gasteiger partial charge in [-0.05, 0) is 54.4 Å². The number of hydrogen-bond acceptors (Lipinski definition) is 5. The minimum Gasteiger partial charge on any atom is -0.456 e. The van der Waals surface area contributed by atoms with Crippen LogP contribution in [0.3, 0.4) is 0 Å². The first kappa shape index (κ1) is 18.7. The summed E-state index contributed by atoms with van der Waals surface area (Å²) in [5, 5.41) is 5.24. The number of benzene rings is 3. The number of allylic oxidation sites excluding steroid dienone is 1. The third-order valence-electron chi connectivity index (χ3n) is 5.38. The molecule has 0 bridgehead atoms. The zero-order valence-electron chi connectivity index (χ0n) is 16.2. The number of para-hydroxylation sites is 1. The Morgan fingerprint density at radius 1 is 0.900 bits per heavy atom. The SMILES string of the molecule is Cc1c(C2=C(c3ccc(S(N)(=O)=O)cc3)Oc3ccccc3C2)ccc2c1OCO2. The topological polar surface area (TPSA) is 87.9 Å². The number of ether oxygens (including phenoxy) is 3. The highest BCUT2D eigenvalue weighted by atomic mass is 32.2. The minimum absolute atomic E-state index is 0.0591. The summed E-state index contributed by atoms with van der Waals surface area (Å²) in [4.78, 5) is 0.0591. The zero-order valence-corrected chi connectivity index (χ0v) is 17.0. The van der Waals surface area contributed by atoms with Crippen molar-refractivity contribution in [2.45, 2.75) is 18.2 Å². The van der Waals surface area contributed by atoms with Crippen molar-refractivity contribution in [2.24, 2.45) is 5.14 Å². The summed E-state index contributed by atoms with van der Waals surface area (Å²) in [6.07, 6.45) is 0.670. The van der Waals surface area contributed by atoms with Crippen molar-refractivity contribution in [1.29, 1.82) is 0 Å². The number of sulfonamides is 1. The summed E-state index contributed by atoms with van der Waals surface area (Å²) in [5.41, 5.74) is 4.81. The van der Waals surface area contributed by atoms with E-state index >= 15 is 0 Å². The van der Waals surface area contributed by atoms with Crippen LogP contribution in [0.5, 0.6) is 17.2 Å². The maximum absolute atomic E-state index is 11.6. The Balaban J connectivity index is 1.68. The van der Waals surface area contributed by atoms with E-state index in [1.807, 2.05) is 43.3 Å². The molecule has 2 N–H and O–H groups in total. The number of nitrogens with two attached hydrogens (primary N) is 1. The number of primary sulfonamides is 1. The first-order chi connectivity index (χ1) is 14.4. The lowest BCUT2D eigenvalue weighted by Gasteiger charge is -2.25. The van der Waals surface area contributed by atoms with E-state index in [4.69, 9.17) is 19.3 Å². The lowest BCUT2D eigenvalue weighted by atomic mass is 9.89. The molecule has 6 nitrogen and oxygen atoms in total. The first-order valence-corrected chi connectivity index (χ1v) is 11.0. The molecule has 5 rings (SSSR count). The van der Waals surface area contributed by atoms with Gasteiger partial charge in [-0.3, -0.25) is 0 Å². The van der Waals surface area contributed by atoms with Crippen LogP contribution in [0.15, 0.2) is 65.6 Å². The molecule has 0 atom stereocenters. The van der Waals surface area contributed by atoms with E-state index in [9.17, 15) is 8.42 Å². The van der Waals surface area contributed by atoms with Gasteiger partial charge in [-0.2, -0.15) is 0 Å². The van der Waals surface area contributed by atoms with Gasteiger partial charge in [0.1, 0.15) is 11.5 Å². The third-order valence-corrected chi connectivity index (χ3v) is 6.31. The van der Waals surface area contributed by atoms with Crippen molar-refractivity contribution in [3.8, 4) is 17.2 Å². The van der Waals surface area contributed by atoms with Crippen LogP contribution in [-0.2, 0) is 16.4 Å². The van der Waals surface area contributed by atoms with Gasteiger partial charge in [0.05, 0.1) is 4.90 Å². The molecule has 3 aromatic rings. The van der Waals surface area contributed by atoms with Gasteiger partial charge in [-0.15, -0.1) is 0 Å². The van der Waals surface area contributed by atoms with Crippen molar-refractivity contribution in [3.05, 3.63) is 82.9 Å². The van der Waals surface area contributed by atoms with Crippen LogP contribution in [-0.4, -0.2) is 15.2 Å². The van der Waals surface area contributed by atoms with Gasteiger partial charge < -0.3 is 14.2 Å². The molecule has 0 saturated carbocycles. The smallest absolute Gasteiger partial charge is 0.238 e. The summed E-state index contributed by atoms with van der Waals surface area (Å²) >= 11 is 0. The van der Waals surface area contributed by atoms with Gasteiger partial charge in [-0.25, -0.2) is 13.6 Å². The lowest BCUT2D eigenvalue weighted by Crippen LogP contribution is -2.13. The Morgan fingerprint density at radius 3 is 2.43 bits per heavy atom. The molecule has 0 spiro atoms. The third kappa shape index (κ3) is 3.12. The molecule has 0 amide bonds. The molecule has 30 heavy (non-hydrogen) atoms. The van der Waals surface area contributed by atoms with Crippen LogP contribution in [0.4, 0.5) is 0 Å². The van der Waals surface area contributed by atoms with E-state index in [1.54, 1.807) is 12.1 Å². The van der Waals surface area contributed by atoms with E-state index < -0.39 is 10.0 Å². The summed E-state index contributed by atoms with van der Waals surface area (Å²) in [6, 6.07) is 18.2.